The van der Waals surface area contributed by atoms with Crippen LogP contribution in [0.15, 0.2) is 67.5 Å². The Hall–Kier alpha value is -4.04. The number of nitrogens with one attached hydrogen (secondary N) is 3. The third-order valence-corrected chi connectivity index (χ3v) is 5.82. The summed E-state index contributed by atoms with van der Waals surface area (Å²) in [4.78, 5) is 16.9. The van der Waals surface area contributed by atoms with E-state index in [9.17, 15) is 0 Å². The molecule has 35 heavy (non-hydrogen) atoms. The Balaban J connectivity index is 1.66. The van der Waals surface area contributed by atoms with E-state index in [1.165, 1.54) is 0 Å². The van der Waals surface area contributed by atoms with Crippen molar-refractivity contribution in [2.45, 2.75) is 0 Å². The first-order chi connectivity index (χ1) is 17.0. The largest absolute Gasteiger partial charge is 0.494 e. The smallest absolute Gasteiger partial charge is 0.227 e. The van der Waals surface area contributed by atoms with E-state index < -0.39 is 0 Å². The van der Waals surface area contributed by atoms with Gasteiger partial charge in [-0.05, 0) is 32.3 Å². The van der Waals surface area contributed by atoms with E-state index in [0.29, 0.717) is 18.2 Å². The van der Waals surface area contributed by atoms with Gasteiger partial charge in [0.2, 0.25) is 5.95 Å². The lowest BCUT2D eigenvalue weighted by molar-refractivity contribution is 0.413. The van der Waals surface area contributed by atoms with Gasteiger partial charge < -0.3 is 30.2 Å². The number of ether oxygens (including phenoxy) is 1. The summed E-state index contributed by atoms with van der Waals surface area (Å²) in [5, 5.41) is 7.93. The molecule has 4 rings (SSSR count). The number of anilines is 4. The highest BCUT2D eigenvalue weighted by Crippen LogP contribution is 2.38. The molecule has 4 aromatic rings. The summed E-state index contributed by atoms with van der Waals surface area (Å²) in [5.74, 6) is 1.21. The van der Waals surface area contributed by atoms with Crippen LogP contribution in [-0.2, 0) is 0 Å². The van der Waals surface area contributed by atoms with Crippen molar-refractivity contribution in [2.24, 2.45) is 0 Å². The molecule has 0 aliphatic heterocycles. The Kier molecular flexibility index (Phi) is 7.52. The molecule has 0 bridgehead atoms. The van der Waals surface area contributed by atoms with Crippen molar-refractivity contribution < 1.29 is 4.74 Å². The third-order valence-electron chi connectivity index (χ3n) is 5.82. The summed E-state index contributed by atoms with van der Waals surface area (Å²) in [6, 6.07) is 14.2. The number of aromatic amines is 1. The van der Waals surface area contributed by atoms with Crippen LogP contribution in [0, 0.1) is 0 Å². The molecule has 0 saturated carbocycles. The molecule has 0 fully saturated rings. The van der Waals surface area contributed by atoms with Crippen LogP contribution < -0.4 is 20.3 Å². The number of benzene rings is 2. The fraction of sp³-hybridized carbons (Fsp3) is 0.259. The summed E-state index contributed by atoms with van der Waals surface area (Å²) in [6.45, 7) is 6.30. The maximum absolute atomic E-state index is 5.75. The first kappa shape index (κ1) is 24.1. The summed E-state index contributed by atoms with van der Waals surface area (Å²) in [6.07, 6.45) is 5.58. The highest BCUT2D eigenvalue weighted by molar-refractivity contribution is 5.94. The van der Waals surface area contributed by atoms with E-state index in [2.05, 4.69) is 70.3 Å². The summed E-state index contributed by atoms with van der Waals surface area (Å²) in [5.41, 5.74) is 5.74. The summed E-state index contributed by atoms with van der Waals surface area (Å²) < 4.78 is 5.75. The van der Waals surface area contributed by atoms with E-state index in [1.54, 1.807) is 13.3 Å². The molecule has 0 aliphatic rings. The van der Waals surface area contributed by atoms with Crippen molar-refractivity contribution in [3.63, 3.8) is 0 Å². The van der Waals surface area contributed by atoms with Crippen LogP contribution in [0.3, 0.4) is 0 Å². The van der Waals surface area contributed by atoms with Crippen LogP contribution in [0.2, 0.25) is 0 Å². The van der Waals surface area contributed by atoms with Gasteiger partial charge in [0.1, 0.15) is 5.75 Å². The third kappa shape index (κ3) is 5.55. The van der Waals surface area contributed by atoms with Gasteiger partial charge in [0.15, 0.2) is 0 Å². The number of nitrogens with zero attached hydrogens (tertiary/aromatic N) is 4. The van der Waals surface area contributed by atoms with E-state index in [4.69, 9.17) is 9.72 Å². The molecule has 0 spiro atoms. The quantitative estimate of drug-likeness (QED) is 0.266. The van der Waals surface area contributed by atoms with E-state index >= 15 is 0 Å². The van der Waals surface area contributed by atoms with Crippen molar-refractivity contribution in [2.75, 3.05) is 63.4 Å². The zero-order chi connectivity index (χ0) is 24.8. The number of hydrogen-bond donors (Lipinski definition) is 3. The molecule has 182 valence electrons. The van der Waals surface area contributed by atoms with E-state index in [-0.39, 0.29) is 0 Å². The average molecular weight is 472 g/mol. The Morgan fingerprint density at radius 1 is 1.09 bits per heavy atom. The second kappa shape index (κ2) is 10.9. The number of aromatic nitrogens is 3. The van der Waals surface area contributed by atoms with Gasteiger partial charge in [0.05, 0.1) is 29.9 Å². The maximum atomic E-state index is 5.75. The van der Waals surface area contributed by atoms with Gasteiger partial charge in [-0.1, -0.05) is 24.3 Å². The maximum Gasteiger partial charge on any atom is 0.227 e. The summed E-state index contributed by atoms with van der Waals surface area (Å²) >= 11 is 0. The van der Waals surface area contributed by atoms with Gasteiger partial charge in [-0.25, -0.2) is 9.97 Å². The topological polar surface area (TPSA) is 81.3 Å². The Labute approximate surface area is 206 Å². The summed E-state index contributed by atoms with van der Waals surface area (Å²) in [7, 11) is 7.90. The number of hydrogen-bond acceptors (Lipinski definition) is 7. The van der Waals surface area contributed by atoms with Crippen molar-refractivity contribution in [1.29, 1.82) is 0 Å². The lowest BCUT2D eigenvalue weighted by atomic mass is 10.1. The Bertz CT molecular complexity index is 1300. The van der Waals surface area contributed by atoms with Crippen LogP contribution in [0.25, 0.3) is 22.2 Å². The zero-order valence-electron chi connectivity index (χ0n) is 20.8. The number of para-hydroxylation sites is 1. The average Bonchev–Trinajstić information content (AvgIpc) is 3.30. The van der Waals surface area contributed by atoms with E-state index in [1.807, 2.05) is 42.6 Å². The lowest BCUT2D eigenvalue weighted by Gasteiger charge is -2.26. The monoisotopic (exact) mass is 471 g/mol. The van der Waals surface area contributed by atoms with Crippen molar-refractivity contribution in [3.8, 4) is 17.0 Å². The van der Waals surface area contributed by atoms with Crippen LogP contribution in [-0.4, -0.2) is 67.7 Å². The van der Waals surface area contributed by atoms with Crippen molar-refractivity contribution in [3.05, 3.63) is 67.5 Å². The minimum absolute atomic E-state index is 0.495. The molecule has 0 radical (unpaired) electrons. The molecule has 2 aromatic heterocycles. The molecule has 8 nitrogen and oxygen atoms in total. The molecular weight excluding hydrogens is 438 g/mol. The van der Waals surface area contributed by atoms with Crippen molar-refractivity contribution in [1.82, 2.24) is 19.9 Å². The van der Waals surface area contributed by atoms with Gasteiger partial charge in [-0.15, -0.1) is 6.58 Å². The van der Waals surface area contributed by atoms with Gasteiger partial charge >= 0.3 is 0 Å². The number of H-pyrrole nitrogens is 1. The number of rotatable bonds is 11. The first-order valence-corrected chi connectivity index (χ1v) is 11.6. The highest BCUT2D eigenvalue weighted by atomic mass is 16.5. The molecule has 8 heteroatoms. The second-order valence-corrected chi connectivity index (χ2v) is 8.60. The molecular formula is C27H33N7O. The van der Waals surface area contributed by atoms with Crippen molar-refractivity contribution >= 4 is 33.9 Å². The number of likely N-dealkylation sites (N-methyl/N-ethyl adjacent to an activating group) is 2. The molecule has 0 atom stereocenters. The molecule has 2 aromatic carbocycles. The normalized spacial score (nSPS) is 11.0. The lowest BCUT2D eigenvalue weighted by Crippen LogP contribution is -2.29. The fourth-order valence-corrected chi connectivity index (χ4v) is 3.92. The van der Waals surface area contributed by atoms with Gasteiger partial charge in [0, 0.05) is 61.6 Å². The molecule has 2 heterocycles. The standard InChI is InChI=1S/C27H33N7O/c1-6-12-28-23-16-24(26(35-5)17-25(23)34(4)15-14-33(2)3)32-27-29-13-11-22(31-27)20-18-30-21-10-8-7-9-19(20)21/h6-11,13,16-18,28,30H,1,12,14-15H2,2-5H3,(H,29,31,32). The highest BCUT2D eigenvalue weighted by Gasteiger charge is 2.16. The molecule has 0 aliphatic carbocycles. The van der Waals surface area contributed by atoms with Gasteiger partial charge in [-0.2, -0.15) is 0 Å². The number of fused-ring (bicyclic) bond motifs is 1. The second-order valence-electron chi connectivity index (χ2n) is 8.60. The van der Waals surface area contributed by atoms with E-state index in [0.717, 1.165) is 52.3 Å². The predicted octanol–water partition coefficient (Wildman–Crippen LogP) is 4.97. The SMILES string of the molecule is C=CCNc1cc(Nc2nccc(-c3c[nH]c4ccccc34)n2)c(OC)cc1N(C)CCN(C)C. The molecule has 0 amide bonds. The van der Waals surface area contributed by atoms with Crippen LogP contribution in [0.4, 0.5) is 23.0 Å². The first-order valence-electron chi connectivity index (χ1n) is 11.6. The van der Waals surface area contributed by atoms with Crippen LogP contribution >= 0.6 is 0 Å². The molecule has 0 unspecified atom stereocenters. The molecule has 0 saturated heterocycles. The van der Waals surface area contributed by atoms with Crippen LogP contribution in [0.1, 0.15) is 0 Å². The van der Waals surface area contributed by atoms with Gasteiger partial charge in [0.25, 0.3) is 0 Å². The predicted molar refractivity (Wildman–Crippen MR) is 146 cm³/mol. The fourth-order valence-electron chi connectivity index (χ4n) is 3.92. The molecule has 3 N–H and O–H groups in total. The van der Waals surface area contributed by atoms with Crippen LogP contribution in [0.5, 0.6) is 5.75 Å². The van der Waals surface area contributed by atoms with Gasteiger partial charge in [-0.3, -0.25) is 0 Å². The minimum Gasteiger partial charge on any atom is -0.494 e. The minimum atomic E-state index is 0.495. The Morgan fingerprint density at radius 3 is 2.69 bits per heavy atom. The zero-order valence-corrected chi connectivity index (χ0v) is 20.8. The Morgan fingerprint density at radius 2 is 1.91 bits per heavy atom. The number of methoxy groups -OCH3 is 1.